The van der Waals surface area contributed by atoms with Crippen LogP contribution in [0.2, 0.25) is 0 Å². The molecule has 0 aliphatic heterocycles. The number of rotatable bonds is 8. The number of ether oxygens (including phenoxy) is 1. The molecule has 0 unspecified atom stereocenters. The predicted octanol–water partition coefficient (Wildman–Crippen LogP) is 3.56. The predicted molar refractivity (Wildman–Crippen MR) is 106 cm³/mol. The summed E-state index contributed by atoms with van der Waals surface area (Å²) in [6.45, 7) is 11.0. The number of nitrogens with zero attached hydrogens (tertiary/aromatic N) is 3. The second kappa shape index (κ2) is 7.98. The van der Waals surface area contributed by atoms with E-state index in [0.29, 0.717) is 19.0 Å². The maximum atomic E-state index is 11.6. The summed E-state index contributed by atoms with van der Waals surface area (Å²) in [6.07, 6.45) is 3.62. The quantitative estimate of drug-likeness (QED) is 0.548. The third-order valence-corrected chi connectivity index (χ3v) is 4.27. The summed E-state index contributed by atoms with van der Waals surface area (Å²) >= 11 is 0. The summed E-state index contributed by atoms with van der Waals surface area (Å²) < 4.78 is 7.05. The Balaban J connectivity index is 1.49. The van der Waals surface area contributed by atoms with Gasteiger partial charge < -0.3 is 15.4 Å². The first-order valence-electron chi connectivity index (χ1n) is 9.55. The number of hydrogen-bond donors (Lipinski definition) is 2. The SMILES string of the molecule is C=C(Cc1nc2cccc(NCCCNC(=O)OC(C)(C)C)n2n1)C1CC1. The molecule has 0 bridgehead atoms. The molecule has 0 aromatic carbocycles. The van der Waals surface area contributed by atoms with E-state index < -0.39 is 5.60 Å². The number of carbonyl (C=O) groups is 1. The van der Waals surface area contributed by atoms with Crippen LogP contribution in [0, 0.1) is 5.92 Å². The van der Waals surface area contributed by atoms with E-state index in [4.69, 9.17) is 4.74 Å². The molecule has 0 spiro atoms. The zero-order valence-corrected chi connectivity index (χ0v) is 16.4. The number of nitrogens with one attached hydrogen (secondary N) is 2. The molecule has 0 radical (unpaired) electrons. The van der Waals surface area contributed by atoms with Gasteiger partial charge in [0.25, 0.3) is 0 Å². The van der Waals surface area contributed by atoms with Gasteiger partial charge in [-0.05, 0) is 58.1 Å². The fourth-order valence-electron chi connectivity index (χ4n) is 2.81. The normalized spacial score (nSPS) is 14.2. The van der Waals surface area contributed by atoms with E-state index in [-0.39, 0.29) is 6.09 Å². The van der Waals surface area contributed by atoms with Crippen molar-refractivity contribution >= 4 is 17.6 Å². The van der Waals surface area contributed by atoms with Crippen LogP contribution in [0.5, 0.6) is 0 Å². The topological polar surface area (TPSA) is 80.5 Å². The van der Waals surface area contributed by atoms with E-state index in [9.17, 15) is 4.79 Å². The molecule has 0 atom stereocenters. The molecule has 1 amide bonds. The molecule has 146 valence electrons. The fraction of sp³-hybridized carbons (Fsp3) is 0.550. The lowest BCUT2D eigenvalue weighted by Crippen LogP contribution is -2.33. The molecule has 7 nitrogen and oxygen atoms in total. The number of hydrogen-bond acceptors (Lipinski definition) is 5. The van der Waals surface area contributed by atoms with E-state index in [1.807, 2.05) is 43.5 Å². The number of aromatic nitrogens is 3. The van der Waals surface area contributed by atoms with Crippen molar-refractivity contribution in [1.29, 1.82) is 0 Å². The van der Waals surface area contributed by atoms with Crippen molar-refractivity contribution in [3.63, 3.8) is 0 Å². The molecular formula is C20H29N5O2. The van der Waals surface area contributed by atoms with Crippen LogP contribution >= 0.6 is 0 Å². The average molecular weight is 371 g/mol. The summed E-state index contributed by atoms with van der Waals surface area (Å²) in [6, 6.07) is 5.89. The minimum atomic E-state index is -0.479. The Labute approximate surface area is 160 Å². The minimum absolute atomic E-state index is 0.388. The van der Waals surface area contributed by atoms with Gasteiger partial charge in [0.15, 0.2) is 11.5 Å². The first-order valence-corrected chi connectivity index (χ1v) is 9.55. The van der Waals surface area contributed by atoms with Crippen molar-refractivity contribution in [1.82, 2.24) is 19.9 Å². The Morgan fingerprint density at radius 1 is 1.33 bits per heavy atom. The Bertz CT molecular complexity index is 817. The molecule has 2 N–H and O–H groups in total. The summed E-state index contributed by atoms with van der Waals surface area (Å²) in [5.41, 5.74) is 1.58. The highest BCUT2D eigenvalue weighted by Crippen LogP contribution is 2.36. The van der Waals surface area contributed by atoms with Gasteiger partial charge in [-0.1, -0.05) is 18.2 Å². The van der Waals surface area contributed by atoms with E-state index in [1.165, 1.54) is 18.4 Å². The molecule has 2 heterocycles. The second-order valence-electron chi connectivity index (χ2n) is 8.03. The smallest absolute Gasteiger partial charge is 0.407 e. The van der Waals surface area contributed by atoms with Gasteiger partial charge in [-0.2, -0.15) is 4.52 Å². The van der Waals surface area contributed by atoms with Crippen LogP contribution in [-0.4, -0.2) is 39.4 Å². The van der Waals surface area contributed by atoms with Crippen molar-refractivity contribution < 1.29 is 9.53 Å². The van der Waals surface area contributed by atoms with Crippen LogP contribution < -0.4 is 10.6 Å². The highest BCUT2D eigenvalue weighted by molar-refractivity contribution is 5.67. The van der Waals surface area contributed by atoms with Gasteiger partial charge in [0, 0.05) is 19.5 Å². The second-order valence-corrected chi connectivity index (χ2v) is 8.03. The zero-order chi connectivity index (χ0) is 19.4. The van der Waals surface area contributed by atoms with E-state index in [0.717, 1.165) is 30.1 Å². The largest absolute Gasteiger partial charge is 0.444 e. The molecule has 1 aliphatic carbocycles. The maximum absolute atomic E-state index is 11.6. The minimum Gasteiger partial charge on any atom is -0.444 e. The summed E-state index contributed by atoms with van der Waals surface area (Å²) in [4.78, 5) is 16.2. The maximum Gasteiger partial charge on any atom is 0.407 e. The first-order chi connectivity index (χ1) is 12.8. The van der Waals surface area contributed by atoms with E-state index in [2.05, 4.69) is 27.3 Å². The highest BCUT2D eigenvalue weighted by atomic mass is 16.6. The van der Waals surface area contributed by atoms with Crippen molar-refractivity contribution in [2.45, 2.75) is 52.1 Å². The molecular weight excluding hydrogens is 342 g/mol. The molecule has 1 fully saturated rings. The van der Waals surface area contributed by atoms with Crippen LogP contribution in [0.15, 0.2) is 30.4 Å². The van der Waals surface area contributed by atoms with Gasteiger partial charge in [-0.3, -0.25) is 0 Å². The number of alkyl carbamates (subject to hydrolysis) is 1. The van der Waals surface area contributed by atoms with Gasteiger partial charge in [0.1, 0.15) is 11.4 Å². The Morgan fingerprint density at radius 3 is 2.81 bits per heavy atom. The average Bonchev–Trinajstić information content (AvgIpc) is 3.34. The van der Waals surface area contributed by atoms with E-state index in [1.54, 1.807) is 0 Å². The Hall–Kier alpha value is -2.57. The third-order valence-electron chi connectivity index (χ3n) is 4.27. The molecule has 1 saturated carbocycles. The summed E-state index contributed by atoms with van der Waals surface area (Å²) in [7, 11) is 0. The highest BCUT2D eigenvalue weighted by Gasteiger charge is 2.25. The van der Waals surface area contributed by atoms with Gasteiger partial charge in [-0.25, -0.2) is 9.78 Å². The van der Waals surface area contributed by atoms with Gasteiger partial charge in [0.2, 0.25) is 0 Å². The molecule has 1 aliphatic rings. The molecule has 2 aromatic heterocycles. The summed E-state index contributed by atoms with van der Waals surface area (Å²) in [5, 5.41) is 10.7. The standard InChI is InChI=1S/C20H29N5O2/c1-14(15-9-10-15)13-16-23-18-8-5-7-17(25(18)24-16)21-11-6-12-22-19(26)27-20(2,3)4/h5,7-8,15,21H,1,6,9-13H2,2-4H3,(H,22,26). The van der Waals surface area contributed by atoms with Crippen molar-refractivity contribution in [2.75, 3.05) is 18.4 Å². The van der Waals surface area contributed by atoms with Crippen LogP contribution in [0.4, 0.5) is 10.6 Å². The van der Waals surface area contributed by atoms with Crippen LogP contribution in [-0.2, 0) is 11.2 Å². The number of anilines is 1. The Kier molecular flexibility index (Phi) is 5.68. The number of fused-ring (bicyclic) bond motifs is 1. The van der Waals surface area contributed by atoms with Crippen LogP contribution in [0.1, 0.15) is 45.9 Å². The number of allylic oxidation sites excluding steroid dienone is 1. The van der Waals surface area contributed by atoms with Crippen molar-refractivity contribution in [3.8, 4) is 0 Å². The van der Waals surface area contributed by atoms with Crippen molar-refractivity contribution in [3.05, 3.63) is 36.2 Å². The molecule has 7 heteroatoms. The lowest BCUT2D eigenvalue weighted by molar-refractivity contribution is 0.0528. The molecule has 0 saturated heterocycles. The van der Waals surface area contributed by atoms with Gasteiger partial charge in [-0.15, -0.1) is 5.10 Å². The number of amides is 1. The fourth-order valence-corrected chi connectivity index (χ4v) is 2.81. The lowest BCUT2D eigenvalue weighted by Gasteiger charge is -2.19. The number of carbonyl (C=O) groups excluding carboxylic acids is 1. The molecule has 3 rings (SSSR count). The van der Waals surface area contributed by atoms with Crippen LogP contribution in [0.25, 0.3) is 5.65 Å². The van der Waals surface area contributed by atoms with Gasteiger partial charge >= 0.3 is 6.09 Å². The number of pyridine rings is 1. The van der Waals surface area contributed by atoms with Gasteiger partial charge in [0.05, 0.1) is 0 Å². The molecule has 2 aromatic rings. The third kappa shape index (κ3) is 5.70. The van der Waals surface area contributed by atoms with Crippen LogP contribution in [0.3, 0.4) is 0 Å². The first kappa shape index (κ1) is 19.2. The lowest BCUT2D eigenvalue weighted by atomic mass is 10.1. The van der Waals surface area contributed by atoms with Crippen molar-refractivity contribution in [2.24, 2.45) is 5.92 Å². The summed E-state index contributed by atoms with van der Waals surface area (Å²) in [5.74, 6) is 2.36. The Morgan fingerprint density at radius 2 is 2.11 bits per heavy atom. The monoisotopic (exact) mass is 371 g/mol. The molecule has 27 heavy (non-hydrogen) atoms. The zero-order valence-electron chi connectivity index (χ0n) is 16.4. The van der Waals surface area contributed by atoms with E-state index >= 15 is 0 Å².